The largest absolute Gasteiger partial charge is 0.634 e. The summed E-state index contributed by atoms with van der Waals surface area (Å²) < 4.78 is 5.02. The summed E-state index contributed by atoms with van der Waals surface area (Å²) in [6.45, 7) is 5.56. The van der Waals surface area contributed by atoms with E-state index in [9.17, 15) is 0 Å². The van der Waals surface area contributed by atoms with Crippen LogP contribution in [0.2, 0.25) is 0 Å². The van der Waals surface area contributed by atoms with Crippen molar-refractivity contribution in [2.75, 3.05) is 0 Å². The van der Waals surface area contributed by atoms with E-state index in [4.69, 9.17) is 14.7 Å². The Kier molecular flexibility index (Phi) is 3.31. The predicted octanol–water partition coefficient (Wildman–Crippen LogP) is 1.22. The summed E-state index contributed by atoms with van der Waals surface area (Å²) in [4.78, 5) is 0. The van der Waals surface area contributed by atoms with Crippen LogP contribution in [0.1, 0.15) is 25.0 Å². The van der Waals surface area contributed by atoms with Gasteiger partial charge in [0.1, 0.15) is 0 Å². The molecule has 0 atom stereocenters. The second-order valence-electron chi connectivity index (χ2n) is 3.77. The van der Waals surface area contributed by atoms with E-state index in [-0.39, 0.29) is 0 Å². The molecule has 0 aliphatic heterocycles. The molecule has 0 bridgehead atoms. The lowest BCUT2D eigenvalue weighted by Crippen LogP contribution is -2.32. The second kappa shape index (κ2) is 4.13. The van der Waals surface area contributed by atoms with Crippen molar-refractivity contribution in [1.82, 2.24) is 0 Å². The molecule has 0 aliphatic rings. The SMILES string of the molecule is Cc1ccccc1C(C)(C)OB(O)O. The molecule has 1 aromatic rings. The van der Waals surface area contributed by atoms with Gasteiger partial charge in [-0.15, -0.1) is 0 Å². The van der Waals surface area contributed by atoms with Gasteiger partial charge in [0.2, 0.25) is 0 Å². The average molecular weight is 194 g/mol. The van der Waals surface area contributed by atoms with Crippen molar-refractivity contribution in [1.29, 1.82) is 0 Å². The third-order valence-corrected chi connectivity index (χ3v) is 2.19. The minimum Gasteiger partial charge on any atom is -0.402 e. The third kappa shape index (κ3) is 2.58. The highest BCUT2D eigenvalue weighted by atomic mass is 16.6. The fourth-order valence-corrected chi connectivity index (χ4v) is 1.58. The van der Waals surface area contributed by atoms with Crippen LogP contribution in [0.25, 0.3) is 0 Å². The minimum atomic E-state index is -1.75. The molecule has 14 heavy (non-hydrogen) atoms. The first kappa shape index (κ1) is 11.2. The molecule has 1 rings (SSSR count). The summed E-state index contributed by atoms with van der Waals surface area (Å²) in [5.74, 6) is 0. The maximum Gasteiger partial charge on any atom is 0.634 e. The molecule has 0 aromatic heterocycles. The Hall–Kier alpha value is -0.835. The van der Waals surface area contributed by atoms with Crippen molar-refractivity contribution in [2.45, 2.75) is 26.4 Å². The van der Waals surface area contributed by atoms with Crippen LogP contribution in [-0.2, 0) is 10.3 Å². The third-order valence-electron chi connectivity index (χ3n) is 2.19. The second-order valence-corrected chi connectivity index (χ2v) is 3.77. The first-order valence-electron chi connectivity index (χ1n) is 4.53. The van der Waals surface area contributed by atoms with Gasteiger partial charge in [0.05, 0.1) is 5.60 Å². The van der Waals surface area contributed by atoms with Gasteiger partial charge < -0.3 is 14.7 Å². The van der Waals surface area contributed by atoms with Crippen molar-refractivity contribution >= 4 is 7.32 Å². The lowest BCUT2D eigenvalue weighted by Gasteiger charge is -2.27. The number of hydrogen-bond donors (Lipinski definition) is 2. The highest BCUT2D eigenvalue weighted by Gasteiger charge is 2.28. The van der Waals surface area contributed by atoms with Crippen molar-refractivity contribution in [3.8, 4) is 0 Å². The molecule has 0 saturated carbocycles. The van der Waals surface area contributed by atoms with Crippen LogP contribution in [0.3, 0.4) is 0 Å². The Morgan fingerprint density at radius 1 is 1.21 bits per heavy atom. The summed E-state index contributed by atoms with van der Waals surface area (Å²) in [6.07, 6.45) is 0. The number of benzene rings is 1. The van der Waals surface area contributed by atoms with Crippen LogP contribution in [0.15, 0.2) is 24.3 Å². The van der Waals surface area contributed by atoms with Gasteiger partial charge in [0.25, 0.3) is 0 Å². The highest BCUT2D eigenvalue weighted by molar-refractivity contribution is 6.32. The molecule has 2 N–H and O–H groups in total. The van der Waals surface area contributed by atoms with Crippen molar-refractivity contribution in [3.05, 3.63) is 35.4 Å². The zero-order chi connectivity index (χ0) is 10.8. The van der Waals surface area contributed by atoms with Crippen molar-refractivity contribution in [3.63, 3.8) is 0 Å². The van der Waals surface area contributed by atoms with E-state index in [0.29, 0.717) is 0 Å². The number of hydrogen-bond acceptors (Lipinski definition) is 3. The lowest BCUT2D eigenvalue weighted by atomic mass is 9.92. The van der Waals surface area contributed by atoms with Gasteiger partial charge in [0, 0.05) is 0 Å². The van der Waals surface area contributed by atoms with E-state index in [1.54, 1.807) is 13.8 Å². The quantitative estimate of drug-likeness (QED) is 0.711. The molecule has 0 spiro atoms. The van der Waals surface area contributed by atoms with Gasteiger partial charge in [-0.3, -0.25) is 0 Å². The van der Waals surface area contributed by atoms with Gasteiger partial charge in [-0.2, -0.15) is 0 Å². The molecule has 1 aromatic carbocycles. The molecule has 0 heterocycles. The molecule has 0 fully saturated rings. The Morgan fingerprint density at radius 3 is 2.29 bits per heavy atom. The fourth-order valence-electron chi connectivity index (χ4n) is 1.58. The normalized spacial score (nSPS) is 11.5. The number of rotatable bonds is 3. The molecule has 4 heteroatoms. The standard InChI is InChI=1S/C10H15BO3/c1-8-6-4-5-7-9(8)10(2,3)14-11(12)13/h4-7,12-13H,1-3H3. The monoisotopic (exact) mass is 194 g/mol. The summed E-state index contributed by atoms with van der Waals surface area (Å²) in [5.41, 5.74) is 1.32. The Labute approximate surface area is 84.5 Å². The van der Waals surface area contributed by atoms with Crippen LogP contribution in [0.5, 0.6) is 0 Å². The molecule has 0 aliphatic carbocycles. The Morgan fingerprint density at radius 2 is 1.79 bits per heavy atom. The summed E-state index contributed by atoms with van der Waals surface area (Å²) >= 11 is 0. The van der Waals surface area contributed by atoms with Gasteiger partial charge in [-0.05, 0) is 31.9 Å². The highest BCUT2D eigenvalue weighted by Crippen LogP contribution is 2.27. The Balaban J connectivity index is 2.97. The topological polar surface area (TPSA) is 49.7 Å². The smallest absolute Gasteiger partial charge is 0.402 e. The molecule has 0 amide bonds. The maximum atomic E-state index is 8.77. The zero-order valence-corrected chi connectivity index (χ0v) is 8.69. The van der Waals surface area contributed by atoms with E-state index in [2.05, 4.69) is 0 Å². The maximum absolute atomic E-state index is 8.77. The molecule has 3 nitrogen and oxygen atoms in total. The molecule has 76 valence electrons. The first-order chi connectivity index (χ1) is 6.43. The van der Waals surface area contributed by atoms with E-state index < -0.39 is 12.9 Å². The number of aryl methyl sites for hydroxylation is 1. The van der Waals surface area contributed by atoms with Gasteiger partial charge in [-0.25, -0.2) is 0 Å². The fraction of sp³-hybridized carbons (Fsp3) is 0.400. The minimum absolute atomic E-state index is 0.695. The molecule has 0 saturated heterocycles. The van der Waals surface area contributed by atoms with E-state index in [0.717, 1.165) is 11.1 Å². The van der Waals surface area contributed by atoms with Crippen LogP contribution in [0.4, 0.5) is 0 Å². The lowest BCUT2D eigenvalue weighted by molar-refractivity contribution is 0.0467. The molecular weight excluding hydrogens is 179 g/mol. The summed E-state index contributed by atoms with van der Waals surface area (Å²) in [5, 5.41) is 17.5. The van der Waals surface area contributed by atoms with Gasteiger partial charge in [0.15, 0.2) is 0 Å². The zero-order valence-electron chi connectivity index (χ0n) is 8.69. The summed E-state index contributed by atoms with van der Waals surface area (Å²) in [7, 11) is -1.75. The predicted molar refractivity (Wildman–Crippen MR) is 55.5 cm³/mol. The Bertz CT molecular complexity index is 310. The summed E-state index contributed by atoms with van der Waals surface area (Å²) in [6, 6.07) is 7.71. The first-order valence-corrected chi connectivity index (χ1v) is 4.53. The molecular formula is C10H15BO3. The van der Waals surface area contributed by atoms with Crippen LogP contribution in [-0.4, -0.2) is 17.4 Å². The van der Waals surface area contributed by atoms with Gasteiger partial charge in [-0.1, -0.05) is 24.3 Å². The molecule has 0 radical (unpaired) electrons. The average Bonchev–Trinajstić information content (AvgIpc) is 2.02. The van der Waals surface area contributed by atoms with Crippen LogP contribution >= 0.6 is 0 Å². The van der Waals surface area contributed by atoms with E-state index >= 15 is 0 Å². The van der Waals surface area contributed by atoms with Crippen LogP contribution in [0, 0.1) is 6.92 Å². The molecule has 0 unspecified atom stereocenters. The van der Waals surface area contributed by atoms with E-state index in [1.807, 2.05) is 31.2 Å². The van der Waals surface area contributed by atoms with Crippen molar-refractivity contribution in [2.24, 2.45) is 0 Å². The van der Waals surface area contributed by atoms with Gasteiger partial charge >= 0.3 is 7.32 Å². The van der Waals surface area contributed by atoms with Crippen LogP contribution < -0.4 is 0 Å². The van der Waals surface area contributed by atoms with Crippen molar-refractivity contribution < 1.29 is 14.7 Å². The van der Waals surface area contributed by atoms with E-state index in [1.165, 1.54) is 0 Å².